The van der Waals surface area contributed by atoms with Crippen molar-refractivity contribution in [2.45, 2.75) is 37.8 Å². The average Bonchev–Trinajstić information content (AvgIpc) is 3.23. The molecule has 0 radical (unpaired) electrons. The average molecular weight is 355 g/mol. The Balaban J connectivity index is 1.18. The molecule has 3 aliphatic rings. The molecule has 2 unspecified atom stereocenters. The molecule has 6 heteroatoms. The van der Waals surface area contributed by atoms with Crippen LogP contribution in [-0.4, -0.2) is 60.1 Å². The van der Waals surface area contributed by atoms with Crippen molar-refractivity contribution in [1.29, 1.82) is 0 Å². The summed E-state index contributed by atoms with van der Waals surface area (Å²) in [4.78, 5) is 27.5. The number of imide groups is 1. The molecule has 1 aromatic carbocycles. The summed E-state index contributed by atoms with van der Waals surface area (Å²) in [6.45, 7) is 2.56. The Hall–Kier alpha value is -2.34. The smallest absolute Gasteiger partial charge is 0.327 e. The largest absolute Gasteiger partial charge is 0.489 e. The van der Waals surface area contributed by atoms with Crippen LogP contribution in [0.4, 0.5) is 4.79 Å². The summed E-state index contributed by atoms with van der Waals surface area (Å²) in [5, 5.41) is 3.36. The molecule has 3 heterocycles. The second kappa shape index (κ2) is 7.50. The van der Waals surface area contributed by atoms with Gasteiger partial charge in [0.15, 0.2) is 0 Å². The van der Waals surface area contributed by atoms with Crippen LogP contribution in [0.5, 0.6) is 5.75 Å². The maximum Gasteiger partial charge on any atom is 0.327 e. The molecule has 26 heavy (non-hydrogen) atoms. The monoisotopic (exact) mass is 355 g/mol. The minimum absolute atomic E-state index is 0.0422. The molecule has 0 spiro atoms. The Bertz CT molecular complexity index is 696. The van der Waals surface area contributed by atoms with Crippen LogP contribution in [0.15, 0.2) is 36.4 Å². The first-order valence-electron chi connectivity index (χ1n) is 9.46. The number of fused-ring (bicyclic) bond motifs is 2. The van der Waals surface area contributed by atoms with Gasteiger partial charge >= 0.3 is 6.03 Å². The van der Waals surface area contributed by atoms with Crippen molar-refractivity contribution >= 4 is 11.9 Å². The number of ether oxygens (including phenoxy) is 1. The zero-order valence-corrected chi connectivity index (χ0v) is 14.9. The third-order valence-corrected chi connectivity index (χ3v) is 5.37. The van der Waals surface area contributed by atoms with E-state index in [4.69, 9.17) is 4.74 Å². The first kappa shape index (κ1) is 17.1. The summed E-state index contributed by atoms with van der Waals surface area (Å²) in [6.07, 6.45) is 7.85. The van der Waals surface area contributed by atoms with Crippen LogP contribution in [0, 0.1) is 0 Å². The number of carbonyl (C=O) groups is 2. The van der Waals surface area contributed by atoms with Crippen molar-refractivity contribution < 1.29 is 14.3 Å². The number of aryl methyl sites for hydroxylation is 1. The van der Waals surface area contributed by atoms with E-state index in [2.05, 4.69) is 11.4 Å². The van der Waals surface area contributed by atoms with E-state index in [9.17, 15) is 9.59 Å². The number of carbonyl (C=O) groups excluding carboxylic acids is 2. The lowest BCUT2D eigenvalue weighted by Crippen LogP contribution is -2.34. The van der Waals surface area contributed by atoms with Gasteiger partial charge in [-0.2, -0.15) is 0 Å². The highest BCUT2D eigenvalue weighted by Crippen LogP contribution is 2.27. The number of para-hydroxylation sites is 1. The van der Waals surface area contributed by atoms with Crippen LogP contribution >= 0.6 is 0 Å². The maximum atomic E-state index is 12.2. The molecule has 2 fully saturated rings. The SMILES string of the molecule is O=C1C2CCCN2C(=O)N1C/C=C\CNCC1CCc2ccccc2O1. The molecule has 4 rings (SSSR count). The number of benzene rings is 1. The Morgan fingerprint density at radius 3 is 2.96 bits per heavy atom. The molecule has 0 aliphatic carbocycles. The van der Waals surface area contributed by atoms with E-state index in [0.29, 0.717) is 19.6 Å². The number of nitrogens with one attached hydrogen (secondary N) is 1. The summed E-state index contributed by atoms with van der Waals surface area (Å²) in [7, 11) is 0. The van der Waals surface area contributed by atoms with E-state index >= 15 is 0 Å². The van der Waals surface area contributed by atoms with E-state index in [-0.39, 0.29) is 24.1 Å². The third kappa shape index (κ3) is 3.33. The lowest BCUT2D eigenvalue weighted by Gasteiger charge is -2.26. The molecule has 2 saturated heterocycles. The van der Waals surface area contributed by atoms with Gasteiger partial charge in [-0.3, -0.25) is 9.69 Å². The van der Waals surface area contributed by atoms with Crippen LogP contribution < -0.4 is 10.1 Å². The van der Waals surface area contributed by atoms with Gasteiger partial charge in [0, 0.05) is 26.2 Å². The molecule has 3 amide bonds. The molecule has 138 valence electrons. The maximum absolute atomic E-state index is 12.2. The standard InChI is InChI=1S/C20H25N3O3/c24-19-17-7-5-13-22(17)20(25)23(19)12-4-3-11-21-14-16-10-9-15-6-1-2-8-18(15)26-16/h1-4,6,8,16-17,21H,5,7,9-14H2/b4-3-. The zero-order chi connectivity index (χ0) is 17.9. The number of hydrogen-bond acceptors (Lipinski definition) is 4. The summed E-state index contributed by atoms with van der Waals surface area (Å²) < 4.78 is 6.00. The Labute approximate surface area is 153 Å². The molecule has 0 aromatic heterocycles. The van der Waals surface area contributed by atoms with Crippen molar-refractivity contribution in [1.82, 2.24) is 15.1 Å². The molecule has 3 aliphatic heterocycles. The van der Waals surface area contributed by atoms with Crippen LogP contribution in [0.1, 0.15) is 24.8 Å². The quantitative estimate of drug-likeness (QED) is 0.481. The van der Waals surface area contributed by atoms with Crippen molar-refractivity contribution in [2.24, 2.45) is 0 Å². The van der Waals surface area contributed by atoms with Crippen LogP contribution in [-0.2, 0) is 11.2 Å². The first-order valence-corrected chi connectivity index (χ1v) is 9.46. The topological polar surface area (TPSA) is 61.9 Å². The summed E-state index contributed by atoms with van der Waals surface area (Å²) in [5.74, 6) is 0.951. The molecule has 6 nitrogen and oxygen atoms in total. The van der Waals surface area contributed by atoms with E-state index < -0.39 is 0 Å². The number of urea groups is 1. The number of rotatable bonds is 6. The second-order valence-corrected chi connectivity index (χ2v) is 7.10. The van der Waals surface area contributed by atoms with Crippen LogP contribution in [0.2, 0.25) is 0 Å². The van der Waals surface area contributed by atoms with Crippen molar-refractivity contribution in [2.75, 3.05) is 26.2 Å². The van der Waals surface area contributed by atoms with Crippen LogP contribution in [0.25, 0.3) is 0 Å². The van der Waals surface area contributed by atoms with E-state index in [1.807, 2.05) is 30.4 Å². The molecule has 1 N–H and O–H groups in total. The Kier molecular flexibility index (Phi) is 4.93. The fourth-order valence-corrected chi connectivity index (χ4v) is 3.96. The summed E-state index contributed by atoms with van der Waals surface area (Å²) >= 11 is 0. The van der Waals surface area contributed by atoms with Crippen molar-refractivity contribution in [3.05, 3.63) is 42.0 Å². The minimum atomic E-state index is -0.208. The molecule has 0 saturated carbocycles. The third-order valence-electron chi connectivity index (χ3n) is 5.37. The van der Waals surface area contributed by atoms with Gasteiger partial charge < -0.3 is 15.0 Å². The number of hydrogen-bond donors (Lipinski definition) is 1. The zero-order valence-electron chi connectivity index (χ0n) is 14.9. The summed E-state index contributed by atoms with van der Waals surface area (Å²) in [6, 6.07) is 7.85. The number of nitrogens with zero attached hydrogens (tertiary/aromatic N) is 2. The van der Waals surface area contributed by atoms with Gasteiger partial charge in [0.2, 0.25) is 0 Å². The van der Waals surface area contributed by atoms with E-state index in [1.54, 1.807) is 4.90 Å². The second-order valence-electron chi connectivity index (χ2n) is 7.10. The van der Waals surface area contributed by atoms with Gasteiger partial charge in [0.1, 0.15) is 17.9 Å². The van der Waals surface area contributed by atoms with Gasteiger partial charge in [-0.25, -0.2) is 4.79 Å². The van der Waals surface area contributed by atoms with Crippen LogP contribution in [0.3, 0.4) is 0 Å². The van der Waals surface area contributed by atoms with E-state index in [1.165, 1.54) is 10.5 Å². The van der Waals surface area contributed by atoms with E-state index in [0.717, 1.165) is 38.0 Å². The van der Waals surface area contributed by atoms with Gasteiger partial charge in [0.05, 0.1) is 0 Å². The Morgan fingerprint density at radius 2 is 2.08 bits per heavy atom. The minimum Gasteiger partial charge on any atom is -0.489 e. The highest BCUT2D eigenvalue weighted by molar-refractivity contribution is 6.04. The lowest BCUT2D eigenvalue weighted by molar-refractivity contribution is -0.127. The van der Waals surface area contributed by atoms with Crippen molar-refractivity contribution in [3.63, 3.8) is 0 Å². The molecule has 2 atom stereocenters. The molecular weight excluding hydrogens is 330 g/mol. The first-order chi connectivity index (χ1) is 12.7. The highest BCUT2D eigenvalue weighted by Gasteiger charge is 2.46. The van der Waals surface area contributed by atoms with Gasteiger partial charge in [-0.15, -0.1) is 0 Å². The number of amides is 3. The molecule has 0 bridgehead atoms. The lowest BCUT2D eigenvalue weighted by atomic mass is 10.0. The van der Waals surface area contributed by atoms with Crippen molar-refractivity contribution in [3.8, 4) is 5.75 Å². The fraction of sp³-hybridized carbons (Fsp3) is 0.500. The van der Waals surface area contributed by atoms with Gasteiger partial charge in [0.25, 0.3) is 5.91 Å². The predicted molar refractivity (Wildman–Crippen MR) is 98.0 cm³/mol. The van der Waals surface area contributed by atoms with Gasteiger partial charge in [-0.05, 0) is 37.3 Å². The molecular formula is C20H25N3O3. The molecule has 1 aromatic rings. The fourth-order valence-electron chi connectivity index (χ4n) is 3.96. The predicted octanol–water partition coefficient (Wildman–Crippen LogP) is 1.95. The Morgan fingerprint density at radius 1 is 1.19 bits per heavy atom. The van der Waals surface area contributed by atoms with Gasteiger partial charge in [-0.1, -0.05) is 30.4 Å². The summed E-state index contributed by atoms with van der Waals surface area (Å²) in [5.41, 5.74) is 1.28. The highest BCUT2D eigenvalue weighted by atomic mass is 16.5. The normalized spacial score (nSPS) is 24.9.